The number of ketones is 1. The average Bonchev–Trinajstić information content (AvgIpc) is 2.74. The first-order chi connectivity index (χ1) is 13.8. The van der Waals surface area contributed by atoms with E-state index in [0.29, 0.717) is 51.4 Å². The zero-order chi connectivity index (χ0) is 21.0. The lowest BCUT2D eigenvalue weighted by molar-refractivity contribution is 0.0923. The third kappa shape index (κ3) is 4.88. The highest BCUT2D eigenvalue weighted by Gasteiger charge is 2.35. The highest BCUT2D eigenvalue weighted by molar-refractivity contribution is 7.86. The van der Waals surface area contributed by atoms with Crippen LogP contribution in [0.15, 0.2) is 24.3 Å². The van der Waals surface area contributed by atoms with Gasteiger partial charge in [-0.2, -0.15) is 17.0 Å². The van der Waals surface area contributed by atoms with Crippen molar-refractivity contribution in [1.82, 2.24) is 13.5 Å². The maximum absolute atomic E-state index is 13.0. The number of Topliss-reactive ketones (excluding diaryl/α,β-unsaturated/α-hetero) is 1. The van der Waals surface area contributed by atoms with E-state index in [1.54, 1.807) is 19.1 Å². The van der Waals surface area contributed by atoms with Crippen LogP contribution in [0.3, 0.4) is 0 Å². The van der Waals surface area contributed by atoms with Crippen molar-refractivity contribution in [3.05, 3.63) is 29.8 Å². The first-order valence-corrected chi connectivity index (χ1v) is 11.3. The van der Waals surface area contributed by atoms with Crippen LogP contribution in [0.25, 0.3) is 0 Å². The number of rotatable bonds is 5. The molecule has 0 radical (unpaired) electrons. The normalized spacial score (nSPS) is 19.2. The molecule has 1 aromatic carbocycles. The largest absolute Gasteiger partial charge is 0.450 e. The Morgan fingerprint density at radius 3 is 1.90 bits per heavy atom. The van der Waals surface area contributed by atoms with Gasteiger partial charge in [-0.3, -0.25) is 4.79 Å². The minimum Gasteiger partial charge on any atom is -0.450 e. The SMILES string of the molecule is CCOC(=O)N1CCN(S(=O)(=O)N2CCN(c3ccc(C(C)=O)cc3)CC2)CC1. The van der Waals surface area contributed by atoms with E-state index in [-0.39, 0.29) is 18.9 Å². The van der Waals surface area contributed by atoms with Gasteiger partial charge in [0.15, 0.2) is 5.78 Å². The van der Waals surface area contributed by atoms with Gasteiger partial charge < -0.3 is 14.5 Å². The van der Waals surface area contributed by atoms with E-state index in [9.17, 15) is 18.0 Å². The van der Waals surface area contributed by atoms with Gasteiger partial charge in [-0.1, -0.05) is 0 Å². The molecule has 29 heavy (non-hydrogen) atoms. The highest BCUT2D eigenvalue weighted by atomic mass is 32.2. The van der Waals surface area contributed by atoms with Crippen molar-refractivity contribution >= 4 is 27.8 Å². The van der Waals surface area contributed by atoms with E-state index in [4.69, 9.17) is 4.74 Å². The fourth-order valence-corrected chi connectivity index (χ4v) is 5.14. The number of benzene rings is 1. The molecule has 2 saturated heterocycles. The number of hydrogen-bond acceptors (Lipinski definition) is 6. The summed E-state index contributed by atoms with van der Waals surface area (Å²) in [6, 6.07) is 7.39. The lowest BCUT2D eigenvalue weighted by atomic mass is 10.1. The van der Waals surface area contributed by atoms with Crippen LogP contribution in [0.5, 0.6) is 0 Å². The van der Waals surface area contributed by atoms with Crippen LogP contribution in [0.2, 0.25) is 0 Å². The van der Waals surface area contributed by atoms with Crippen molar-refractivity contribution in [2.24, 2.45) is 0 Å². The number of carbonyl (C=O) groups is 2. The maximum Gasteiger partial charge on any atom is 0.409 e. The summed E-state index contributed by atoms with van der Waals surface area (Å²) in [5.74, 6) is 0.0236. The second-order valence-corrected chi connectivity index (χ2v) is 9.01. The number of ether oxygens (including phenoxy) is 1. The summed E-state index contributed by atoms with van der Waals surface area (Å²) in [6.07, 6.45) is -0.394. The maximum atomic E-state index is 13.0. The summed E-state index contributed by atoms with van der Waals surface area (Å²) in [7, 11) is -3.55. The fourth-order valence-electron chi connectivity index (χ4n) is 3.56. The van der Waals surface area contributed by atoms with E-state index in [1.807, 2.05) is 12.1 Å². The number of nitrogens with zero attached hydrogens (tertiary/aromatic N) is 4. The van der Waals surface area contributed by atoms with E-state index in [2.05, 4.69) is 4.90 Å². The van der Waals surface area contributed by atoms with Crippen molar-refractivity contribution in [2.45, 2.75) is 13.8 Å². The standard InChI is InChI=1S/C19H28N4O5S/c1-3-28-19(25)21-10-14-23(15-11-21)29(26,27)22-12-8-20(9-13-22)18-6-4-17(5-7-18)16(2)24/h4-7H,3,8-15H2,1-2H3. The molecular formula is C19H28N4O5S. The van der Waals surface area contributed by atoms with Crippen LogP contribution < -0.4 is 4.90 Å². The topological polar surface area (TPSA) is 90.5 Å². The Balaban J connectivity index is 1.54. The van der Waals surface area contributed by atoms with Gasteiger partial charge in [0.05, 0.1) is 6.61 Å². The molecular weight excluding hydrogens is 396 g/mol. The van der Waals surface area contributed by atoms with Crippen molar-refractivity contribution in [1.29, 1.82) is 0 Å². The molecule has 0 bridgehead atoms. The third-order valence-electron chi connectivity index (χ3n) is 5.29. The van der Waals surface area contributed by atoms with Gasteiger partial charge in [-0.15, -0.1) is 0 Å². The van der Waals surface area contributed by atoms with E-state index >= 15 is 0 Å². The summed E-state index contributed by atoms with van der Waals surface area (Å²) >= 11 is 0. The molecule has 0 unspecified atom stereocenters. The molecule has 0 saturated carbocycles. The number of anilines is 1. The van der Waals surface area contributed by atoms with Gasteiger partial charge >= 0.3 is 6.09 Å². The van der Waals surface area contributed by atoms with Crippen LogP contribution in [-0.2, 0) is 14.9 Å². The Morgan fingerprint density at radius 1 is 0.897 bits per heavy atom. The second kappa shape index (κ2) is 9.10. The molecule has 10 heteroatoms. The Bertz CT molecular complexity index is 827. The van der Waals surface area contributed by atoms with E-state index in [0.717, 1.165) is 5.69 Å². The molecule has 2 fully saturated rings. The summed E-state index contributed by atoms with van der Waals surface area (Å²) < 4.78 is 33.9. The quantitative estimate of drug-likeness (QED) is 0.656. The predicted octanol–water partition coefficient (Wildman–Crippen LogP) is 1.03. The van der Waals surface area contributed by atoms with Gasteiger partial charge in [-0.05, 0) is 38.1 Å². The summed E-state index contributed by atoms with van der Waals surface area (Å²) in [5.41, 5.74) is 1.65. The summed E-state index contributed by atoms with van der Waals surface area (Å²) in [5, 5.41) is 0. The average molecular weight is 425 g/mol. The molecule has 9 nitrogen and oxygen atoms in total. The zero-order valence-electron chi connectivity index (χ0n) is 16.9. The molecule has 160 valence electrons. The third-order valence-corrected chi connectivity index (χ3v) is 7.33. The molecule has 0 spiro atoms. The molecule has 1 amide bonds. The van der Waals surface area contributed by atoms with Gasteiger partial charge in [0.25, 0.3) is 10.2 Å². The Morgan fingerprint density at radius 2 is 1.41 bits per heavy atom. The smallest absolute Gasteiger partial charge is 0.409 e. The summed E-state index contributed by atoms with van der Waals surface area (Å²) in [4.78, 5) is 26.9. The van der Waals surface area contributed by atoms with E-state index < -0.39 is 16.3 Å². The lowest BCUT2D eigenvalue weighted by Gasteiger charge is -2.40. The minimum atomic E-state index is -3.55. The molecule has 0 aliphatic carbocycles. The van der Waals surface area contributed by atoms with Gasteiger partial charge in [0, 0.05) is 63.6 Å². The minimum absolute atomic E-state index is 0.0236. The summed E-state index contributed by atoms with van der Waals surface area (Å²) in [6.45, 7) is 6.76. The van der Waals surface area contributed by atoms with Crippen molar-refractivity contribution < 1.29 is 22.7 Å². The predicted molar refractivity (Wildman–Crippen MR) is 109 cm³/mol. The van der Waals surface area contributed by atoms with Gasteiger partial charge in [-0.25, -0.2) is 4.79 Å². The fraction of sp³-hybridized carbons (Fsp3) is 0.579. The molecule has 2 aliphatic heterocycles. The molecule has 1 aromatic rings. The van der Waals surface area contributed by atoms with Gasteiger partial charge in [0.1, 0.15) is 0 Å². The first-order valence-electron chi connectivity index (χ1n) is 9.86. The Labute approximate surface area is 172 Å². The van der Waals surface area contributed by atoms with Crippen LogP contribution >= 0.6 is 0 Å². The first kappa shape index (κ1) is 21.5. The van der Waals surface area contributed by atoms with Crippen LogP contribution in [-0.4, -0.2) is 92.8 Å². The van der Waals surface area contributed by atoms with Crippen molar-refractivity contribution in [3.63, 3.8) is 0 Å². The highest BCUT2D eigenvalue weighted by Crippen LogP contribution is 2.20. The van der Waals surface area contributed by atoms with Crippen LogP contribution in [0.1, 0.15) is 24.2 Å². The number of carbonyl (C=O) groups excluding carboxylic acids is 2. The Hall–Kier alpha value is -2.17. The molecule has 2 heterocycles. The van der Waals surface area contributed by atoms with Crippen molar-refractivity contribution in [3.8, 4) is 0 Å². The number of amides is 1. The molecule has 3 rings (SSSR count). The monoisotopic (exact) mass is 424 g/mol. The molecule has 2 aliphatic rings. The van der Waals surface area contributed by atoms with Crippen molar-refractivity contribution in [2.75, 3.05) is 63.9 Å². The molecule has 0 aromatic heterocycles. The second-order valence-electron chi connectivity index (χ2n) is 7.08. The van der Waals surface area contributed by atoms with E-state index in [1.165, 1.54) is 20.4 Å². The van der Waals surface area contributed by atoms with Crippen LogP contribution in [0, 0.1) is 0 Å². The number of piperazine rings is 2. The van der Waals surface area contributed by atoms with Gasteiger partial charge in [0.2, 0.25) is 0 Å². The molecule has 0 N–H and O–H groups in total. The lowest BCUT2D eigenvalue weighted by Crippen LogP contribution is -2.57. The Kier molecular flexibility index (Phi) is 6.76. The number of hydrogen-bond donors (Lipinski definition) is 0. The molecule has 0 atom stereocenters. The zero-order valence-corrected chi connectivity index (χ0v) is 17.7. The van der Waals surface area contributed by atoms with Crippen LogP contribution in [0.4, 0.5) is 10.5 Å².